The first-order chi connectivity index (χ1) is 15.0. The number of aryl methyl sites for hydroxylation is 3. The molecular formula is C24H31N5OS. The Morgan fingerprint density at radius 2 is 1.90 bits per heavy atom. The molecule has 0 bridgehead atoms. The Kier molecular flexibility index (Phi) is 6.53. The second-order valence-electron chi connectivity index (χ2n) is 8.18. The molecule has 0 saturated carbocycles. The van der Waals surface area contributed by atoms with Gasteiger partial charge in [-0.3, -0.25) is 9.69 Å². The standard InChI is InChI=1S/C24H31N5OS/c1-5-10-28-11-13-29(14-12-28)22-19-17(4)21(31-24(19)26-15-25-22)23(30)27-20-16(3)8-7-9-18(20)6-2/h7-9,15H,5-6,10-14H2,1-4H3,(H,27,30). The van der Waals surface area contributed by atoms with Crippen molar-refractivity contribution in [1.82, 2.24) is 14.9 Å². The van der Waals surface area contributed by atoms with E-state index >= 15 is 0 Å². The van der Waals surface area contributed by atoms with Gasteiger partial charge in [0.25, 0.3) is 5.91 Å². The van der Waals surface area contributed by atoms with E-state index in [0.29, 0.717) is 4.88 Å². The lowest BCUT2D eigenvalue weighted by atomic mass is 10.1. The van der Waals surface area contributed by atoms with Gasteiger partial charge in [0.2, 0.25) is 0 Å². The molecule has 2 aromatic heterocycles. The van der Waals surface area contributed by atoms with Gasteiger partial charge in [0.1, 0.15) is 17.0 Å². The van der Waals surface area contributed by atoms with E-state index in [2.05, 4.69) is 45.0 Å². The number of rotatable bonds is 6. The van der Waals surface area contributed by atoms with Crippen LogP contribution in [0.1, 0.15) is 46.6 Å². The van der Waals surface area contributed by atoms with Gasteiger partial charge in [-0.1, -0.05) is 32.0 Å². The number of thiophene rings is 1. The number of fused-ring (bicyclic) bond motifs is 1. The molecule has 3 heterocycles. The average Bonchev–Trinajstić information content (AvgIpc) is 3.13. The molecule has 0 radical (unpaired) electrons. The summed E-state index contributed by atoms with van der Waals surface area (Å²) in [6.45, 7) is 13.5. The van der Waals surface area contributed by atoms with E-state index in [1.807, 2.05) is 26.0 Å². The van der Waals surface area contributed by atoms with Gasteiger partial charge in [0.15, 0.2) is 0 Å². The Morgan fingerprint density at radius 1 is 1.13 bits per heavy atom. The molecule has 1 N–H and O–H groups in total. The Hall–Kier alpha value is -2.51. The van der Waals surface area contributed by atoms with Crippen LogP contribution in [0.2, 0.25) is 0 Å². The number of para-hydroxylation sites is 1. The zero-order valence-corrected chi connectivity index (χ0v) is 19.7. The van der Waals surface area contributed by atoms with Crippen molar-refractivity contribution in [2.24, 2.45) is 0 Å². The Balaban J connectivity index is 1.63. The van der Waals surface area contributed by atoms with E-state index in [1.165, 1.54) is 17.8 Å². The fourth-order valence-electron chi connectivity index (χ4n) is 4.38. The molecule has 31 heavy (non-hydrogen) atoms. The highest BCUT2D eigenvalue weighted by molar-refractivity contribution is 7.20. The number of benzene rings is 1. The molecule has 1 saturated heterocycles. The van der Waals surface area contributed by atoms with Gasteiger partial charge in [-0.15, -0.1) is 11.3 Å². The van der Waals surface area contributed by atoms with E-state index in [1.54, 1.807) is 6.33 Å². The first kappa shape index (κ1) is 21.7. The van der Waals surface area contributed by atoms with Crippen LogP contribution in [0, 0.1) is 13.8 Å². The number of piperazine rings is 1. The van der Waals surface area contributed by atoms with Crippen LogP contribution in [0.4, 0.5) is 11.5 Å². The minimum absolute atomic E-state index is 0.0665. The van der Waals surface area contributed by atoms with Crippen molar-refractivity contribution in [3.05, 3.63) is 46.1 Å². The summed E-state index contributed by atoms with van der Waals surface area (Å²) in [7, 11) is 0. The predicted octanol–water partition coefficient (Wildman–Crippen LogP) is 4.65. The predicted molar refractivity (Wildman–Crippen MR) is 130 cm³/mol. The molecule has 1 aliphatic heterocycles. The summed E-state index contributed by atoms with van der Waals surface area (Å²) in [5.74, 6) is 0.891. The lowest BCUT2D eigenvalue weighted by Gasteiger charge is -2.35. The molecule has 4 rings (SSSR count). The largest absolute Gasteiger partial charge is 0.353 e. The quantitative estimate of drug-likeness (QED) is 0.608. The summed E-state index contributed by atoms with van der Waals surface area (Å²) in [6, 6.07) is 6.15. The molecule has 0 aliphatic carbocycles. The maximum absolute atomic E-state index is 13.3. The Labute approximate surface area is 188 Å². The number of amides is 1. The maximum Gasteiger partial charge on any atom is 0.266 e. The summed E-state index contributed by atoms with van der Waals surface area (Å²) in [5.41, 5.74) is 4.12. The molecular weight excluding hydrogens is 406 g/mol. The van der Waals surface area contributed by atoms with Gasteiger partial charge in [-0.25, -0.2) is 9.97 Å². The van der Waals surface area contributed by atoms with Crippen LogP contribution in [-0.2, 0) is 6.42 Å². The molecule has 0 spiro atoms. The molecule has 1 aliphatic rings. The summed E-state index contributed by atoms with van der Waals surface area (Å²) < 4.78 is 0. The second kappa shape index (κ2) is 9.32. The summed E-state index contributed by atoms with van der Waals surface area (Å²) in [5, 5.41) is 4.19. The molecule has 7 heteroatoms. The third kappa shape index (κ3) is 4.29. The van der Waals surface area contributed by atoms with Crippen LogP contribution in [0.3, 0.4) is 0 Å². The monoisotopic (exact) mass is 437 g/mol. The molecule has 0 atom stereocenters. The van der Waals surface area contributed by atoms with Crippen molar-refractivity contribution in [3.8, 4) is 0 Å². The van der Waals surface area contributed by atoms with Crippen LogP contribution in [0.15, 0.2) is 24.5 Å². The SMILES string of the molecule is CCCN1CCN(c2ncnc3sc(C(=O)Nc4c(C)cccc4CC)c(C)c23)CC1. The molecule has 1 aromatic carbocycles. The van der Waals surface area contributed by atoms with Crippen LogP contribution in [0.5, 0.6) is 0 Å². The van der Waals surface area contributed by atoms with Gasteiger partial charge in [0, 0.05) is 31.9 Å². The number of carbonyl (C=O) groups is 1. The van der Waals surface area contributed by atoms with Crippen LogP contribution < -0.4 is 10.2 Å². The summed E-state index contributed by atoms with van der Waals surface area (Å²) >= 11 is 1.46. The minimum atomic E-state index is -0.0665. The number of carbonyl (C=O) groups excluding carboxylic acids is 1. The highest BCUT2D eigenvalue weighted by atomic mass is 32.1. The highest BCUT2D eigenvalue weighted by Crippen LogP contribution is 2.36. The number of nitrogens with one attached hydrogen (secondary N) is 1. The van der Waals surface area contributed by atoms with Crippen LogP contribution in [0.25, 0.3) is 10.2 Å². The number of anilines is 2. The molecule has 3 aromatic rings. The Bertz CT molecular complexity index is 1090. The fourth-order valence-corrected chi connectivity index (χ4v) is 5.42. The second-order valence-corrected chi connectivity index (χ2v) is 9.18. The maximum atomic E-state index is 13.3. The van der Waals surface area contributed by atoms with E-state index in [0.717, 1.165) is 77.6 Å². The lowest BCUT2D eigenvalue weighted by molar-refractivity contribution is 0.103. The van der Waals surface area contributed by atoms with Crippen LogP contribution >= 0.6 is 11.3 Å². The lowest BCUT2D eigenvalue weighted by Crippen LogP contribution is -2.46. The fraction of sp³-hybridized carbons (Fsp3) is 0.458. The van der Waals surface area contributed by atoms with E-state index in [-0.39, 0.29) is 5.91 Å². The van der Waals surface area contributed by atoms with Crippen molar-refractivity contribution in [3.63, 3.8) is 0 Å². The third-order valence-corrected chi connectivity index (χ3v) is 7.30. The number of hydrogen-bond donors (Lipinski definition) is 1. The van der Waals surface area contributed by atoms with E-state index < -0.39 is 0 Å². The van der Waals surface area contributed by atoms with Crippen LogP contribution in [-0.4, -0.2) is 53.5 Å². The van der Waals surface area contributed by atoms with E-state index in [9.17, 15) is 4.79 Å². The topological polar surface area (TPSA) is 61.4 Å². The number of aromatic nitrogens is 2. The summed E-state index contributed by atoms with van der Waals surface area (Å²) in [4.78, 5) is 28.8. The zero-order chi connectivity index (χ0) is 22.0. The third-order valence-electron chi connectivity index (χ3n) is 6.10. The normalized spacial score (nSPS) is 14.9. The van der Waals surface area contributed by atoms with Crippen molar-refractivity contribution in [2.45, 2.75) is 40.5 Å². The van der Waals surface area contributed by atoms with Gasteiger partial charge in [-0.2, -0.15) is 0 Å². The summed E-state index contributed by atoms with van der Waals surface area (Å²) in [6.07, 6.45) is 3.69. The molecule has 6 nitrogen and oxygen atoms in total. The van der Waals surface area contributed by atoms with Crippen molar-refractivity contribution in [1.29, 1.82) is 0 Å². The van der Waals surface area contributed by atoms with E-state index in [4.69, 9.17) is 0 Å². The smallest absolute Gasteiger partial charge is 0.266 e. The van der Waals surface area contributed by atoms with Gasteiger partial charge in [-0.05, 0) is 49.9 Å². The molecule has 0 unspecified atom stereocenters. The van der Waals surface area contributed by atoms with Crippen molar-refractivity contribution < 1.29 is 4.79 Å². The van der Waals surface area contributed by atoms with Crippen molar-refractivity contribution in [2.75, 3.05) is 42.9 Å². The molecule has 1 amide bonds. The van der Waals surface area contributed by atoms with Crippen molar-refractivity contribution >= 4 is 39.0 Å². The number of hydrogen-bond acceptors (Lipinski definition) is 6. The average molecular weight is 438 g/mol. The van der Waals surface area contributed by atoms with Gasteiger partial charge in [0.05, 0.1) is 10.3 Å². The van der Waals surface area contributed by atoms with Gasteiger partial charge >= 0.3 is 0 Å². The molecule has 1 fully saturated rings. The zero-order valence-electron chi connectivity index (χ0n) is 18.9. The highest BCUT2D eigenvalue weighted by Gasteiger charge is 2.24. The first-order valence-electron chi connectivity index (χ1n) is 11.1. The first-order valence-corrected chi connectivity index (χ1v) is 12.0. The Morgan fingerprint density at radius 3 is 2.61 bits per heavy atom. The van der Waals surface area contributed by atoms with Gasteiger partial charge < -0.3 is 10.2 Å². The number of nitrogens with zero attached hydrogens (tertiary/aromatic N) is 4. The minimum Gasteiger partial charge on any atom is -0.353 e. The molecule has 164 valence electrons.